The lowest BCUT2D eigenvalue weighted by Gasteiger charge is -2.19. The van der Waals surface area contributed by atoms with Gasteiger partial charge in [-0.1, -0.05) is 38.4 Å². The van der Waals surface area contributed by atoms with Crippen LogP contribution in [0.5, 0.6) is 5.75 Å². The second-order valence-corrected chi connectivity index (χ2v) is 5.06. The van der Waals surface area contributed by atoms with E-state index in [1.165, 1.54) is 0 Å². The van der Waals surface area contributed by atoms with E-state index in [-0.39, 0.29) is 12.0 Å². The summed E-state index contributed by atoms with van der Waals surface area (Å²) in [4.78, 5) is 10.6. The summed E-state index contributed by atoms with van der Waals surface area (Å²) in [6, 6.07) is 5.53. The first-order chi connectivity index (χ1) is 7.30. The predicted molar refractivity (Wildman–Crippen MR) is 64.8 cm³/mol. The molecule has 2 N–H and O–H groups in total. The molecule has 0 saturated heterocycles. The van der Waals surface area contributed by atoms with Crippen molar-refractivity contribution in [2.45, 2.75) is 26.2 Å². The van der Waals surface area contributed by atoms with Crippen molar-refractivity contribution in [2.24, 2.45) is 5.73 Å². The lowest BCUT2D eigenvalue weighted by Crippen LogP contribution is -2.20. The highest BCUT2D eigenvalue weighted by Crippen LogP contribution is 2.30. The summed E-state index contributed by atoms with van der Waals surface area (Å²) in [6.45, 7) is 6.14. The number of amides is 1. The summed E-state index contributed by atoms with van der Waals surface area (Å²) >= 11 is 6.04. The molecule has 0 unspecified atom stereocenters. The van der Waals surface area contributed by atoms with Gasteiger partial charge in [0, 0.05) is 0 Å². The molecule has 0 radical (unpaired) electrons. The second kappa shape index (κ2) is 4.74. The highest BCUT2D eigenvalue weighted by Gasteiger charge is 2.15. The predicted octanol–water partition coefficient (Wildman–Crippen LogP) is 2.50. The van der Waals surface area contributed by atoms with E-state index >= 15 is 0 Å². The third-order valence-electron chi connectivity index (χ3n) is 2.17. The normalized spacial score (nSPS) is 11.2. The molecule has 16 heavy (non-hydrogen) atoms. The van der Waals surface area contributed by atoms with Crippen molar-refractivity contribution in [2.75, 3.05) is 6.61 Å². The van der Waals surface area contributed by atoms with E-state index in [0.29, 0.717) is 10.8 Å². The molecule has 0 aromatic heterocycles. The smallest absolute Gasteiger partial charge is 0.255 e. The molecule has 0 aliphatic rings. The Morgan fingerprint density at radius 2 is 2.06 bits per heavy atom. The first-order valence-electron chi connectivity index (χ1n) is 5.02. The Morgan fingerprint density at radius 1 is 1.44 bits per heavy atom. The van der Waals surface area contributed by atoms with E-state index < -0.39 is 5.91 Å². The number of carbonyl (C=O) groups excluding carboxylic acids is 1. The summed E-state index contributed by atoms with van der Waals surface area (Å²) in [5.74, 6) is -0.0376. The Labute approximate surface area is 101 Å². The first-order valence-corrected chi connectivity index (χ1v) is 5.39. The maximum absolute atomic E-state index is 10.6. The minimum Gasteiger partial charge on any atom is -0.482 e. The van der Waals surface area contributed by atoms with Gasteiger partial charge in [-0.15, -0.1) is 0 Å². The summed E-state index contributed by atoms with van der Waals surface area (Å²) in [5.41, 5.74) is 6.13. The number of ether oxygens (including phenoxy) is 1. The van der Waals surface area contributed by atoms with E-state index in [9.17, 15) is 4.79 Å². The average molecular weight is 242 g/mol. The molecule has 1 aromatic carbocycles. The zero-order valence-electron chi connectivity index (χ0n) is 9.71. The van der Waals surface area contributed by atoms with Gasteiger partial charge in [-0.3, -0.25) is 4.79 Å². The molecule has 88 valence electrons. The zero-order chi connectivity index (χ0) is 12.3. The lowest BCUT2D eigenvalue weighted by atomic mass is 9.87. The number of carbonyl (C=O) groups is 1. The number of rotatable bonds is 3. The van der Waals surface area contributed by atoms with Crippen molar-refractivity contribution in [1.82, 2.24) is 0 Å². The Hall–Kier alpha value is -1.22. The van der Waals surface area contributed by atoms with Crippen molar-refractivity contribution in [3.05, 3.63) is 28.8 Å². The Kier molecular flexibility index (Phi) is 3.81. The number of hydrogen-bond acceptors (Lipinski definition) is 2. The van der Waals surface area contributed by atoms with Crippen LogP contribution in [0.1, 0.15) is 26.3 Å². The molecule has 0 aliphatic heterocycles. The molecular formula is C12H16ClNO2. The number of halogens is 1. The fourth-order valence-electron chi connectivity index (χ4n) is 1.23. The fourth-order valence-corrected chi connectivity index (χ4v) is 1.47. The van der Waals surface area contributed by atoms with Crippen molar-refractivity contribution >= 4 is 17.5 Å². The Balaban J connectivity index is 2.88. The Bertz CT molecular complexity index is 396. The van der Waals surface area contributed by atoms with Crippen LogP contribution in [0.15, 0.2) is 18.2 Å². The standard InChI is InChI=1S/C12H16ClNO2/c1-12(2,3)8-4-5-10(9(13)6-8)16-7-11(14)15/h4-6H,7H2,1-3H3,(H2,14,15). The maximum Gasteiger partial charge on any atom is 0.255 e. The molecule has 0 saturated carbocycles. The number of nitrogens with two attached hydrogens (primary N) is 1. The molecule has 0 atom stereocenters. The van der Waals surface area contributed by atoms with Gasteiger partial charge < -0.3 is 10.5 Å². The van der Waals surface area contributed by atoms with Crippen molar-refractivity contribution in [1.29, 1.82) is 0 Å². The third kappa shape index (κ3) is 3.42. The van der Waals surface area contributed by atoms with Crippen LogP contribution in [0, 0.1) is 0 Å². The molecule has 1 amide bonds. The largest absolute Gasteiger partial charge is 0.482 e. The molecule has 0 spiro atoms. The summed E-state index contributed by atoms with van der Waals surface area (Å²) in [6.07, 6.45) is 0. The maximum atomic E-state index is 10.6. The van der Waals surface area contributed by atoms with Crippen LogP contribution >= 0.6 is 11.6 Å². The van der Waals surface area contributed by atoms with E-state index in [1.807, 2.05) is 12.1 Å². The molecule has 0 bridgehead atoms. The minimum absolute atomic E-state index is 0.0336. The van der Waals surface area contributed by atoms with Crippen LogP contribution in [0.4, 0.5) is 0 Å². The van der Waals surface area contributed by atoms with Gasteiger partial charge in [-0.25, -0.2) is 0 Å². The average Bonchev–Trinajstić information content (AvgIpc) is 2.14. The van der Waals surface area contributed by atoms with Gasteiger partial charge in [0.2, 0.25) is 0 Å². The SMILES string of the molecule is CC(C)(C)c1ccc(OCC(N)=O)c(Cl)c1. The first kappa shape index (κ1) is 12.8. The second-order valence-electron chi connectivity index (χ2n) is 4.65. The number of benzene rings is 1. The topological polar surface area (TPSA) is 52.3 Å². The Morgan fingerprint density at radius 3 is 2.50 bits per heavy atom. The molecule has 0 fully saturated rings. The molecule has 0 heterocycles. The van der Waals surface area contributed by atoms with Gasteiger partial charge in [0.05, 0.1) is 5.02 Å². The van der Waals surface area contributed by atoms with Crippen molar-refractivity contribution in [3.63, 3.8) is 0 Å². The van der Waals surface area contributed by atoms with Gasteiger partial charge in [-0.05, 0) is 23.1 Å². The van der Waals surface area contributed by atoms with Gasteiger partial charge in [0.25, 0.3) is 5.91 Å². The quantitative estimate of drug-likeness (QED) is 0.884. The van der Waals surface area contributed by atoms with Crippen LogP contribution in [-0.4, -0.2) is 12.5 Å². The van der Waals surface area contributed by atoms with Crippen molar-refractivity contribution < 1.29 is 9.53 Å². The minimum atomic E-state index is -0.518. The van der Waals surface area contributed by atoms with E-state index in [2.05, 4.69) is 20.8 Å². The molecule has 0 aliphatic carbocycles. The fraction of sp³-hybridized carbons (Fsp3) is 0.417. The van der Waals surface area contributed by atoms with E-state index in [1.54, 1.807) is 6.07 Å². The summed E-state index contributed by atoms with van der Waals surface area (Å²) in [7, 11) is 0. The zero-order valence-corrected chi connectivity index (χ0v) is 10.5. The molecule has 1 rings (SSSR count). The molecular weight excluding hydrogens is 226 g/mol. The van der Waals surface area contributed by atoms with Gasteiger partial charge in [-0.2, -0.15) is 0 Å². The van der Waals surface area contributed by atoms with Crippen LogP contribution in [-0.2, 0) is 10.2 Å². The van der Waals surface area contributed by atoms with Gasteiger partial charge >= 0.3 is 0 Å². The number of primary amides is 1. The molecule has 3 nitrogen and oxygen atoms in total. The third-order valence-corrected chi connectivity index (χ3v) is 2.46. The van der Waals surface area contributed by atoms with Gasteiger partial charge in [0.15, 0.2) is 6.61 Å². The summed E-state index contributed by atoms with van der Waals surface area (Å²) < 4.78 is 5.16. The van der Waals surface area contributed by atoms with Crippen LogP contribution in [0.3, 0.4) is 0 Å². The molecule has 1 aromatic rings. The lowest BCUT2D eigenvalue weighted by molar-refractivity contribution is -0.119. The van der Waals surface area contributed by atoms with Gasteiger partial charge in [0.1, 0.15) is 5.75 Å². The van der Waals surface area contributed by atoms with Crippen molar-refractivity contribution in [3.8, 4) is 5.75 Å². The summed E-state index contributed by atoms with van der Waals surface area (Å²) in [5, 5.41) is 0.494. The highest BCUT2D eigenvalue weighted by molar-refractivity contribution is 6.32. The highest BCUT2D eigenvalue weighted by atomic mass is 35.5. The van der Waals surface area contributed by atoms with Crippen LogP contribution in [0.2, 0.25) is 5.02 Å². The monoisotopic (exact) mass is 241 g/mol. The van der Waals surface area contributed by atoms with E-state index in [0.717, 1.165) is 5.56 Å². The van der Waals surface area contributed by atoms with Crippen LogP contribution < -0.4 is 10.5 Å². The number of hydrogen-bond donors (Lipinski definition) is 1. The van der Waals surface area contributed by atoms with E-state index in [4.69, 9.17) is 22.1 Å². The molecule has 4 heteroatoms. The van der Waals surface area contributed by atoms with Crippen LogP contribution in [0.25, 0.3) is 0 Å².